The number of aromatic nitrogens is 1. The second kappa shape index (κ2) is 7.33. The van der Waals surface area contributed by atoms with Gasteiger partial charge in [0.1, 0.15) is 17.4 Å². The summed E-state index contributed by atoms with van der Waals surface area (Å²) >= 11 is 5.10. The second-order valence-electron chi connectivity index (χ2n) is 5.01. The van der Waals surface area contributed by atoms with Crippen LogP contribution in [0, 0.1) is 0 Å². The van der Waals surface area contributed by atoms with Gasteiger partial charge < -0.3 is 21.5 Å². The molecule has 0 atom stereocenters. The first-order valence-electron chi connectivity index (χ1n) is 7.00. The molecule has 0 aliphatic heterocycles. The number of nitrogens with two attached hydrogens (primary N) is 2. The van der Waals surface area contributed by atoms with Crippen molar-refractivity contribution in [3.63, 3.8) is 0 Å². The largest absolute Gasteiger partial charge is 0.389 e. The molecule has 21 heavy (non-hydrogen) atoms. The van der Waals surface area contributed by atoms with Crippen molar-refractivity contribution in [3.05, 3.63) is 22.9 Å². The molecule has 2 rings (SSSR count). The summed E-state index contributed by atoms with van der Waals surface area (Å²) in [6, 6.07) is 2.04. The van der Waals surface area contributed by atoms with Crippen molar-refractivity contribution in [2.45, 2.75) is 25.7 Å². The Hall–Kier alpha value is -1.73. The quantitative estimate of drug-likeness (QED) is 0.501. The number of carbonyl (C=O) groups is 1. The minimum absolute atomic E-state index is 0.0819. The number of hydrogen-bond donors (Lipinski definition) is 3. The van der Waals surface area contributed by atoms with E-state index in [1.54, 1.807) is 0 Å². The van der Waals surface area contributed by atoms with Crippen LogP contribution in [0.15, 0.2) is 6.07 Å². The van der Waals surface area contributed by atoms with E-state index >= 15 is 0 Å². The molecule has 6 nitrogen and oxygen atoms in total. The van der Waals surface area contributed by atoms with Crippen LogP contribution in [0.25, 0.3) is 0 Å². The molecular weight excluding hydrogens is 288 g/mol. The van der Waals surface area contributed by atoms with Crippen LogP contribution in [0.4, 0.5) is 5.82 Å². The van der Waals surface area contributed by atoms with Crippen molar-refractivity contribution in [3.8, 4) is 0 Å². The van der Waals surface area contributed by atoms with Crippen LogP contribution in [0.1, 0.15) is 29.7 Å². The normalized spacial score (nSPS) is 13.5. The number of amides is 1. The maximum absolute atomic E-state index is 10.6. The van der Waals surface area contributed by atoms with E-state index in [-0.39, 0.29) is 6.61 Å². The van der Waals surface area contributed by atoms with E-state index in [1.165, 1.54) is 12.0 Å². The molecule has 0 saturated carbocycles. The first-order chi connectivity index (χ1) is 10.1. The highest BCUT2D eigenvalue weighted by Gasteiger charge is 2.16. The maximum atomic E-state index is 10.6. The third-order valence-corrected chi connectivity index (χ3v) is 3.57. The number of nitrogens with zero attached hydrogens (tertiary/aromatic N) is 1. The molecule has 0 fully saturated rings. The van der Waals surface area contributed by atoms with Gasteiger partial charge >= 0.3 is 0 Å². The maximum Gasteiger partial charge on any atom is 0.243 e. The molecule has 1 heterocycles. The van der Waals surface area contributed by atoms with Crippen LogP contribution in [-0.2, 0) is 22.4 Å². The number of primary amides is 1. The van der Waals surface area contributed by atoms with E-state index in [2.05, 4.69) is 10.3 Å². The number of pyridine rings is 1. The van der Waals surface area contributed by atoms with Gasteiger partial charge in [-0.3, -0.25) is 4.79 Å². The summed E-state index contributed by atoms with van der Waals surface area (Å²) in [5, 5.41) is 3.16. The number of hydrogen-bond acceptors (Lipinski definition) is 5. The lowest BCUT2D eigenvalue weighted by Gasteiger charge is -2.19. The van der Waals surface area contributed by atoms with Gasteiger partial charge in [0.2, 0.25) is 5.91 Å². The Morgan fingerprint density at radius 2 is 2.14 bits per heavy atom. The molecule has 0 radical (unpaired) electrons. The SMILES string of the molecule is NC(=O)COCCNc1nc2c(cc1C(N)=S)CCCC2. The highest BCUT2D eigenvalue weighted by molar-refractivity contribution is 7.80. The standard InChI is InChI=1S/C14H20N4O2S/c15-12(19)8-20-6-5-17-14-10(13(16)21)7-9-3-1-2-4-11(9)18-14/h7H,1-6,8H2,(H2,15,19)(H2,16,21)(H,17,18). The molecule has 0 bridgehead atoms. The predicted octanol–water partition coefficient (Wildman–Crippen LogP) is 0.508. The third kappa shape index (κ3) is 4.37. The van der Waals surface area contributed by atoms with Gasteiger partial charge in [-0.15, -0.1) is 0 Å². The first-order valence-corrected chi connectivity index (χ1v) is 7.41. The summed E-state index contributed by atoms with van der Waals surface area (Å²) in [5.41, 5.74) is 13.9. The number of ether oxygens (including phenoxy) is 1. The number of nitrogens with one attached hydrogen (secondary N) is 1. The zero-order valence-electron chi connectivity index (χ0n) is 11.9. The fraction of sp³-hybridized carbons (Fsp3) is 0.500. The summed E-state index contributed by atoms with van der Waals surface area (Å²) in [4.78, 5) is 15.5. The van der Waals surface area contributed by atoms with E-state index in [1.807, 2.05) is 6.07 Å². The van der Waals surface area contributed by atoms with Gasteiger partial charge in [0.25, 0.3) is 0 Å². The molecule has 0 unspecified atom stereocenters. The topological polar surface area (TPSA) is 103 Å². The van der Waals surface area contributed by atoms with Crippen LogP contribution in [0.3, 0.4) is 0 Å². The lowest BCUT2D eigenvalue weighted by atomic mass is 9.94. The molecule has 1 aliphatic carbocycles. The number of fused-ring (bicyclic) bond motifs is 1. The molecule has 7 heteroatoms. The average Bonchev–Trinajstić information content (AvgIpc) is 2.45. The second-order valence-corrected chi connectivity index (χ2v) is 5.45. The molecule has 0 aromatic carbocycles. The van der Waals surface area contributed by atoms with E-state index in [0.29, 0.717) is 24.0 Å². The zero-order valence-corrected chi connectivity index (χ0v) is 12.7. The Bertz CT molecular complexity index is 548. The Labute approximate surface area is 129 Å². The van der Waals surface area contributed by atoms with Crippen molar-refractivity contribution in [2.75, 3.05) is 25.1 Å². The number of aryl methyl sites for hydroxylation is 2. The first kappa shape index (κ1) is 15.7. The number of rotatable bonds is 7. The number of thiocarbonyl (C=S) groups is 1. The fourth-order valence-electron chi connectivity index (χ4n) is 2.37. The van der Waals surface area contributed by atoms with Crippen molar-refractivity contribution < 1.29 is 9.53 Å². The van der Waals surface area contributed by atoms with E-state index in [4.69, 9.17) is 28.4 Å². The Balaban J connectivity index is 2.03. The van der Waals surface area contributed by atoms with E-state index < -0.39 is 5.91 Å². The Morgan fingerprint density at radius 3 is 2.86 bits per heavy atom. The monoisotopic (exact) mass is 308 g/mol. The van der Waals surface area contributed by atoms with Crippen molar-refractivity contribution >= 4 is 28.9 Å². The van der Waals surface area contributed by atoms with E-state index in [0.717, 1.165) is 30.5 Å². The molecule has 1 amide bonds. The molecule has 114 valence electrons. The summed E-state index contributed by atoms with van der Waals surface area (Å²) in [7, 11) is 0. The minimum Gasteiger partial charge on any atom is -0.389 e. The highest BCUT2D eigenvalue weighted by Crippen LogP contribution is 2.24. The number of carbonyl (C=O) groups excluding carboxylic acids is 1. The van der Waals surface area contributed by atoms with E-state index in [9.17, 15) is 4.79 Å². The van der Waals surface area contributed by atoms with Crippen molar-refractivity contribution in [1.82, 2.24) is 4.98 Å². The van der Waals surface area contributed by atoms with Gasteiger partial charge in [0.15, 0.2) is 0 Å². The fourth-order valence-corrected chi connectivity index (χ4v) is 2.53. The third-order valence-electron chi connectivity index (χ3n) is 3.35. The molecule has 0 saturated heterocycles. The minimum atomic E-state index is -0.481. The average molecular weight is 308 g/mol. The lowest BCUT2D eigenvalue weighted by molar-refractivity contribution is -0.122. The van der Waals surface area contributed by atoms with Gasteiger partial charge in [-0.25, -0.2) is 4.98 Å². The van der Waals surface area contributed by atoms with Crippen LogP contribution in [0.5, 0.6) is 0 Å². The van der Waals surface area contributed by atoms with Crippen LogP contribution in [-0.4, -0.2) is 35.6 Å². The van der Waals surface area contributed by atoms with Gasteiger partial charge in [0.05, 0.1) is 12.2 Å². The smallest absolute Gasteiger partial charge is 0.243 e. The summed E-state index contributed by atoms with van der Waals surface area (Å²) < 4.78 is 5.10. The van der Waals surface area contributed by atoms with Crippen LogP contribution >= 0.6 is 12.2 Å². The highest BCUT2D eigenvalue weighted by atomic mass is 32.1. The molecule has 1 aliphatic rings. The molecule has 0 spiro atoms. The molecule has 1 aromatic rings. The predicted molar refractivity (Wildman–Crippen MR) is 85.3 cm³/mol. The summed E-state index contributed by atoms with van der Waals surface area (Å²) in [6.07, 6.45) is 4.35. The molecule has 5 N–H and O–H groups in total. The summed E-state index contributed by atoms with van der Waals surface area (Å²) in [5.74, 6) is 0.205. The van der Waals surface area contributed by atoms with Gasteiger partial charge in [-0.05, 0) is 37.3 Å². The van der Waals surface area contributed by atoms with Gasteiger partial charge in [-0.1, -0.05) is 12.2 Å². The van der Waals surface area contributed by atoms with Gasteiger partial charge in [0, 0.05) is 12.2 Å². The summed E-state index contributed by atoms with van der Waals surface area (Å²) in [6.45, 7) is 0.786. The molecular formula is C14H20N4O2S. The zero-order chi connectivity index (χ0) is 15.2. The number of anilines is 1. The van der Waals surface area contributed by atoms with Crippen LogP contribution in [0.2, 0.25) is 0 Å². The van der Waals surface area contributed by atoms with Gasteiger partial charge in [-0.2, -0.15) is 0 Å². The Morgan fingerprint density at radius 1 is 1.38 bits per heavy atom. The Kier molecular flexibility index (Phi) is 5.46. The molecule has 1 aromatic heterocycles. The van der Waals surface area contributed by atoms with Crippen molar-refractivity contribution in [2.24, 2.45) is 11.5 Å². The van der Waals surface area contributed by atoms with Crippen LogP contribution < -0.4 is 16.8 Å². The lowest BCUT2D eigenvalue weighted by Crippen LogP contribution is -2.22. The van der Waals surface area contributed by atoms with Crippen molar-refractivity contribution in [1.29, 1.82) is 0 Å².